The summed E-state index contributed by atoms with van der Waals surface area (Å²) in [4.78, 5) is 15.6. The van der Waals surface area contributed by atoms with Crippen LogP contribution < -0.4 is 4.74 Å². The monoisotopic (exact) mass is 371 g/mol. The van der Waals surface area contributed by atoms with Gasteiger partial charge in [-0.05, 0) is 24.2 Å². The molecule has 1 rings (SSSR count). The van der Waals surface area contributed by atoms with Crippen LogP contribution in [0.25, 0.3) is 4.98 Å². The van der Waals surface area contributed by atoms with Gasteiger partial charge in [0.25, 0.3) is 0 Å². The minimum Gasteiger partial charge on any atom is -0.505 e. The van der Waals surface area contributed by atoms with E-state index in [1.165, 1.54) is 0 Å². The Hall–Kier alpha value is -2.61. The van der Waals surface area contributed by atoms with Gasteiger partial charge in [-0.15, -0.1) is 6.58 Å². The van der Waals surface area contributed by atoms with Crippen LogP contribution in [-0.2, 0) is 15.6 Å². The van der Waals surface area contributed by atoms with Crippen molar-refractivity contribution in [1.29, 1.82) is 5.39 Å². The largest absolute Gasteiger partial charge is 0.505 e. The molecule has 0 aliphatic carbocycles. The highest BCUT2D eigenvalue weighted by Crippen LogP contribution is 2.41. The predicted molar refractivity (Wildman–Crippen MR) is 108 cm³/mol. The Labute approximate surface area is 162 Å². The van der Waals surface area contributed by atoms with E-state index in [0.29, 0.717) is 12.2 Å². The summed E-state index contributed by atoms with van der Waals surface area (Å²) in [5.41, 5.74) is 1.80. The molecule has 0 atom stereocenters. The van der Waals surface area contributed by atoms with E-state index in [9.17, 15) is 15.3 Å². The van der Waals surface area contributed by atoms with E-state index >= 15 is 0 Å². The van der Waals surface area contributed by atoms with Gasteiger partial charge in [-0.25, -0.2) is 4.79 Å². The van der Waals surface area contributed by atoms with Crippen LogP contribution in [0.15, 0.2) is 36.2 Å². The molecule has 0 fully saturated rings. The highest BCUT2D eigenvalue weighted by atomic mass is 16.5. The maximum atomic E-state index is 12.7. The molecule has 27 heavy (non-hydrogen) atoms. The van der Waals surface area contributed by atoms with Gasteiger partial charge in [-0.1, -0.05) is 65.3 Å². The first-order chi connectivity index (χ1) is 12.3. The van der Waals surface area contributed by atoms with E-state index in [2.05, 4.69) is 11.6 Å². The number of hydrogen-bond acceptors (Lipinski definition) is 4. The summed E-state index contributed by atoms with van der Waals surface area (Å²) in [6, 6.07) is 3.99. The van der Waals surface area contributed by atoms with Crippen molar-refractivity contribution >= 4 is 5.97 Å². The zero-order valence-corrected chi connectivity index (χ0v) is 17.5. The third-order valence-corrected chi connectivity index (χ3v) is 4.20. The molecule has 0 saturated carbocycles. The molecule has 0 aliphatic rings. The number of esters is 1. The van der Waals surface area contributed by atoms with Gasteiger partial charge in [0.2, 0.25) is 5.39 Å². The van der Waals surface area contributed by atoms with Gasteiger partial charge in [0, 0.05) is 17.5 Å². The minimum absolute atomic E-state index is 0.143. The van der Waals surface area contributed by atoms with E-state index in [4.69, 9.17) is 4.74 Å². The van der Waals surface area contributed by atoms with Crippen LogP contribution in [-0.4, -0.2) is 11.1 Å². The zero-order chi connectivity index (χ0) is 21.0. The number of aryl methyl sites for hydroxylation is 1. The van der Waals surface area contributed by atoms with Crippen molar-refractivity contribution in [3.05, 3.63) is 57.9 Å². The lowest BCUT2D eigenvalue weighted by molar-refractivity contribution is -0.130. The molecule has 0 aromatic heterocycles. The molecular formula is C22H31N2O3+. The smallest absolute Gasteiger partial charge is 0.505 e. The normalized spacial score (nSPS) is 12.8. The fraction of sp³-hybridized carbons (Fsp3) is 0.500. The van der Waals surface area contributed by atoms with E-state index in [1.807, 2.05) is 60.6 Å². The highest BCUT2D eigenvalue weighted by Gasteiger charge is 2.35. The Morgan fingerprint density at radius 3 is 2.04 bits per heavy atom. The second kappa shape index (κ2) is 8.39. The fourth-order valence-corrected chi connectivity index (χ4v) is 2.71. The summed E-state index contributed by atoms with van der Waals surface area (Å²) in [5.74, 6) is -0.772. The fourth-order valence-electron chi connectivity index (χ4n) is 2.71. The Kier molecular flexibility index (Phi) is 6.97. The number of benzene rings is 1. The van der Waals surface area contributed by atoms with Crippen molar-refractivity contribution in [1.82, 2.24) is 0 Å². The van der Waals surface area contributed by atoms with Crippen LogP contribution in [0.1, 0.15) is 71.1 Å². The van der Waals surface area contributed by atoms with Crippen molar-refractivity contribution < 1.29 is 14.6 Å². The molecule has 0 heterocycles. The topological polar surface area (TPSA) is 74.7 Å². The van der Waals surface area contributed by atoms with Crippen molar-refractivity contribution in [2.24, 2.45) is 0 Å². The highest BCUT2D eigenvalue weighted by molar-refractivity contribution is 5.92. The van der Waals surface area contributed by atoms with Gasteiger partial charge < -0.3 is 9.84 Å². The SMILES string of the molecule is C=CCC/C(O)=C(\[N+]#N)C(=O)Oc1c(C(C)(C)C)cc(C)cc1C(C)(C)C. The van der Waals surface area contributed by atoms with Crippen LogP contribution in [0.2, 0.25) is 0 Å². The summed E-state index contributed by atoms with van der Waals surface area (Å²) in [6.45, 7) is 17.8. The Morgan fingerprint density at radius 1 is 1.19 bits per heavy atom. The van der Waals surface area contributed by atoms with Crippen LogP contribution >= 0.6 is 0 Å². The van der Waals surface area contributed by atoms with Crippen molar-refractivity contribution in [3.8, 4) is 5.75 Å². The predicted octanol–water partition coefficient (Wildman–Crippen LogP) is 6.08. The number of diazo groups is 1. The number of hydrogen-bond donors (Lipinski definition) is 1. The van der Waals surface area contributed by atoms with Gasteiger partial charge >= 0.3 is 11.7 Å². The lowest BCUT2D eigenvalue weighted by atomic mass is 9.78. The van der Waals surface area contributed by atoms with Gasteiger partial charge in [-0.2, -0.15) is 0 Å². The summed E-state index contributed by atoms with van der Waals surface area (Å²) in [6.07, 6.45) is 2.19. The van der Waals surface area contributed by atoms with E-state index < -0.39 is 11.7 Å². The molecule has 1 aromatic carbocycles. The molecule has 146 valence electrons. The number of carbonyl (C=O) groups is 1. The Balaban J connectivity index is 3.55. The number of aliphatic hydroxyl groups is 1. The van der Waals surface area contributed by atoms with Crippen LogP contribution in [0.3, 0.4) is 0 Å². The first-order valence-corrected chi connectivity index (χ1v) is 9.08. The molecule has 0 aliphatic heterocycles. The standard InChI is InChI=1S/C22H30N2O3/c1-9-10-11-17(25)18(24-23)20(26)27-19-15(21(3,4)5)12-14(2)13-16(19)22(6,7)8/h9,12-13H,1,10-11H2,2-8H3/p+1. The molecule has 1 N–H and O–H groups in total. The summed E-state index contributed by atoms with van der Waals surface area (Å²) >= 11 is 0. The van der Waals surface area contributed by atoms with Crippen molar-refractivity contribution in [2.45, 2.75) is 72.1 Å². The van der Waals surface area contributed by atoms with Crippen LogP contribution in [0.4, 0.5) is 0 Å². The second-order valence-corrected chi connectivity index (χ2v) is 8.80. The molecular weight excluding hydrogens is 340 g/mol. The van der Waals surface area contributed by atoms with E-state index in [1.54, 1.807) is 6.08 Å². The molecule has 0 radical (unpaired) electrons. The average Bonchev–Trinajstić information content (AvgIpc) is 2.52. The van der Waals surface area contributed by atoms with Crippen LogP contribution in [0, 0.1) is 12.3 Å². The Bertz CT molecular complexity index is 765. The minimum atomic E-state index is -0.890. The second-order valence-electron chi connectivity index (χ2n) is 8.80. The van der Waals surface area contributed by atoms with Crippen LogP contribution in [0.5, 0.6) is 5.75 Å². The van der Waals surface area contributed by atoms with Gasteiger partial charge in [0.1, 0.15) is 5.75 Å². The van der Waals surface area contributed by atoms with E-state index in [-0.39, 0.29) is 23.0 Å². The average molecular weight is 372 g/mol. The summed E-state index contributed by atoms with van der Waals surface area (Å²) in [5, 5.41) is 19.3. The lowest BCUT2D eigenvalue weighted by Crippen LogP contribution is -2.23. The third-order valence-electron chi connectivity index (χ3n) is 4.20. The third kappa shape index (κ3) is 5.68. The number of nitrogens with zero attached hydrogens (tertiary/aromatic N) is 2. The zero-order valence-electron chi connectivity index (χ0n) is 17.5. The molecule has 0 bridgehead atoms. The van der Waals surface area contributed by atoms with Gasteiger partial charge in [-0.3, -0.25) is 0 Å². The number of carbonyl (C=O) groups excluding carboxylic acids is 1. The number of rotatable bonds is 5. The maximum absolute atomic E-state index is 12.7. The van der Waals surface area contributed by atoms with Crippen molar-refractivity contribution in [3.63, 3.8) is 0 Å². The first-order valence-electron chi connectivity index (χ1n) is 9.08. The van der Waals surface area contributed by atoms with E-state index in [0.717, 1.165) is 16.7 Å². The molecule has 0 spiro atoms. The molecule has 0 unspecified atom stereocenters. The maximum Gasteiger partial charge on any atom is 0.505 e. The summed E-state index contributed by atoms with van der Waals surface area (Å²) < 4.78 is 5.70. The Morgan fingerprint density at radius 2 is 1.67 bits per heavy atom. The first kappa shape index (κ1) is 22.4. The number of allylic oxidation sites excluding steroid dienone is 2. The molecule has 5 nitrogen and oxygen atoms in total. The number of aliphatic hydroxyl groups excluding tert-OH is 1. The molecule has 0 saturated heterocycles. The lowest BCUT2D eigenvalue weighted by Gasteiger charge is -2.29. The van der Waals surface area contributed by atoms with Gasteiger partial charge in [0.05, 0.1) is 0 Å². The van der Waals surface area contributed by atoms with Gasteiger partial charge in [0.15, 0.2) is 10.7 Å². The quantitative estimate of drug-likeness (QED) is 0.170. The molecule has 5 heteroatoms. The molecule has 0 amide bonds. The summed E-state index contributed by atoms with van der Waals surface area (Å²) in [7, 11) is 0. The van der Waals surface area contributed by atoms with Crippen molar-refractivity contribution in [2.75, 3.05) is 0 Å². The number of ether oxygens (including phenoxy) is 1. The molecule has 1 aromatic rings.